The summed E-state index contributed by atoms with van der Waals surface area (Å²) in [6.45, 7) is 5.33. The lowest BCUT2D eigenvalue weighted by molar-refractivity contribution is -0.143. The SMILES string of the molecule is CCOC(=O)C(Sc1cc(C(=O)N=[N+]=[N-])c(F)cc1F)C(C)C. The normalized spacial score (nSPS) is 11.7. The van der Waals surface area contributed by atoms with Crippen molar-refractivity contribution in [2.45, 2.75) is 30.9 Å². The molecule has 23 heavy (non-hydrogen) atoms. The molecule has 0 radical (unpaired) electrons. The fourth-order valence-electron chi connectivity index (χ4n) is 1.70. The number of hydrogen-bond donors (Lipinski definition) is 0. The van der Waals surface area contributed by atoms with Gasteiger partial charge in [0, 0.05) is 15.9 Å². The Labute approximate surface area is 135 Å². The average Bonchev–Trinajstić information content (AvgIpc) is 2.46. The van der Waals surface area contributed by atoms with Gasteiger partial charge in [-0.25, -0.2) is 8.78 Å². The number of thioether (sulfide) groups is 1. The second-order valence-corrected chi connectivity index (χ2v) is 5.97. The van der Waals surface area contributed by atoms with Crippen molar-refractivity contribution < 1.29 is 23.1 Å². The highest BCUT2D eigenvalue weighted by Crippen LogP contribution is 2.32. The van der Waals surface area contributed by atoms with Crippen LogP contribution in [0.25, 0.3) is 10.4 Å². The summed E-state index contributed by atoms with van der Waals surface area (Å²) in [6.07, 6.45) is 0. The van der Waals surface area contributed by atoms with Crippen LogP contribution in [0.4, 0.5) is 8.78 Å². The summed E-state index contributed by atoms with van der Waals surface area (Å²) in [5.74, 6) is -3.93. The number of rotatable bonds is 6. The van der Waals surface area contributed by atoms with Crippen molar-refractivity contribution in [3.05, 3.63) is 39.8 Å². The molecule has 9 heteroatoms. The van der Waals surface area contributed by atoms with E-state index >= 15 is 0 Å². The first kappa shape index (κ1) is 18.9. The van der Waals surface area contributed by atoms with Crippen LogP contribution in [0, 0.1) is 17.6 Å². The zero-order chi connectivity index (χ0) is 17.6. The molecule has 0 fully saturated rings. The molecule has 1 amide bonds. The smallest absolute Gasteiger partial charge is 0.319 e. The van der Waals surface area contributed by atoms with Crippen LogP contribution in [0.3, 0.4) is 0 Å². The Morgan fingerprint density at radius 1 is 1.35 bits per heavy atom. The van der Waals surface area contributed by atoms with Gasteiger partial charge in [-0.15, -0.1) is 11.8 Å². The van der Waals surface area contributed by atoms with E-state index in [1.807, 2.05) is 0 Å². The zero-order valence-electron chi connectivity index (χ0n) is 12.7. The van der Waals surface area contributed by atoms with E-state index in [4.69, 9.17) is 10.3 Å². The minimum Gasteiger partial charge on any atom is -0.465 e. The Morgan fingerprint density at radius 2 is 2.00 bits per heavy atom. The van der Waals surface area contributed by atoms with Crippen LogP contribution in [0.2, 0.25) is 0 Å². The third-order valence-corrected chi connectivity index (χ3v) is 4.32. The van der Waals surface area contributed by atoms with Gasteiger partial charge in [-0.2, -0.15) is 0 Å². The number of hydrogen-bond acceptors (Lipinski definition) is 4. The Kier molecular flexibility index (Phi) is 6.99. The number of nitrogens with zero attached hydrogens (tertiary/aromatic N) is 3. The molecule has 124 valence electrons. The summed E-state index contributed by atoms with van der Waals surface area (Å²) in [7, 11) is 0. The fraction of sp³-hybridized carbons (Fsp3) is 0.429. The molecule has 1 aromatic carbocycles. The third kappa shape index (κ3) is 4.94. The van der Waals surface area contributed by atoms with Crippen LogP contribution in [0.5, 0.6) is 0 Å². The lowest BCUT2D eigenvalue weighted by Gasteiger charge is -2.19. The van der Waals surface area contributed by atoms with Gasteiger partial charge in [-0.3, -0.25) is 9.59 Å². The van der Waals surface area contributed by atoms with E-state index in [1.165, 1.54) is 0 Å². The van der Waals surface area contributed by atoms with E-state index in [-0.39, 0.29) is 17.4 Å². The maximum absolute atomic E-state index is 13.9. The van der Waals surface area contributed by atoms with Crippen molar-refractivity contribution in [1.82, 2.24) is 0 Å². The highest BCUT2D eigenvalue weighted by molar-refractivity contribution is 8.00. The van der Waals surface area contributed by atoms with E-state index in [1.54, 1.807) is 20.8 Å². The van der Waals surface area contributed by atoms with Gasteiger partial charge in [0.1, 0.15) is 16.9 Å². The highest BCUT2D eigenvalue weighted by Gasteiger charge is 2.27. The molecule has 0 aliphatic carbocycles. The van der Waals surface area contributed by atoms with Crippen molar-refractivity contribution in [3.8, 4) is 0 Å². The number of carbonyl (C=O) groups excluding carboxylic acids is 2. The van der Waals surface area contributed by atoms with Crippen LogP contribution in [-0.4, -0.2) is 23.7 Å². The van der Waals surface area contributed by atoms with E-state index in [0.29, 0.717) is 6.07 Å². The standard InChI is InChI=1S/C14H15F2N3O3S/c1-4-22-14(21)12(7(2)3)23-11-5-8(13(20)18-19-17)9(15)6-10(11)16/h5-7,12H,4H2,1-3H3. The van der Waals surface area contributed by atoms with Crippen molar-refractivity contribution in [2.75, 3.05) is 6.61 Å². The van der Waals surface area contributed by atoms with Crippen LogP contribution in [0.15, 0.2) is 22.1 Å². The highest BCUT2D eigenvalue weighted by atomic mass is 32.2. The van der Waals surface area contributed by atoms with E-state index in [0.717, 1.165) is 17.8 Å². The van der Waals surface area contributed by atoms with Gasteiger partial charge in [0.15, 0.2) is 0 Å². The monoisotopic (exact) mass is 343 g/mol. The summed E-state index contributed by atoms with van der Waals surface area (Å²) in [6, 6.07) is 1.45. The number of azide groups is 1. The maximum atomic E-state index is 13.9. The summed E-state index contributed by atoms with van der Waals surface area (Å²) < 4.78 is 32.5. The predicted octanol–water partition coefficient (Wildman–Crippen LogP) is 4.10. The van der Waals surface area contributed by atoms with Gasteiger partial charge >= 0.3 is 5.97 Å². The minimum absolute atomic E-state index is 0.102. The number of ether oxygens (including phenoxy) is 1. The van der Waals surface area contributed by atoms with Gasteiger partial charge < -0.3 is 4.74 Å². The number of halogens is 2. The molecule has 0 aliphatic rings. The van der Waals surface area contributed by atoms with Crippen molar-refractivity contribution >= 4 is 23.6 Å². The lowest BCUT2D eigenvalue weighted by Crippen LogP contribution is -2.25. The third-order valence-electron chi connectivity index (χ3n) is 2.77. The molecule has 1 aromatic rings. The summed E-state index contributed by atoms with van der Waals surface area (Å²) in [4.78, 5) is 25.6. The first-order valence-electron chi connectivity index (χ1n) is 6.73. The molecule has 1 atom stereocenters. The summed E-state index contributed by atoms with van der Waals surface area (Å²) in [5, 5.41) is 2.06. The molecule has 0 aromatic heterocycles. The van der Waals surface area contributed by atoms with Crippen molar-refractivity contribution in [3.63, 3.8) is 0 Å². The quantitative estimate of drug-likeness (QED) is 0.256. The van der Waals surface area contributed by atoms with E-state index in [9.17, 15) is 18.4 Å². The molecule has 0 saturated carbocycles. The first-order chi connectivity index (χ1) is 10.8. The fourth-order valence-corrected chi connectivity index (χ4v) is 2.76. The van der Waals surface area contributed by atoms with Gasteiger partial charge in [-0.05, 0) is 29.6 Å². The van der Waals surface area contributed by atoms with Gasteiger partial charge in [0.05, 0.1) is 12.2 Å². The minimum atomic E-state index is -1.16. The maximum Gasteiger partial charge on any atom is 0.319 e. The van der Waals surface area contributed by atoms with Crippen LogP contribution in [-0.2, 0) is 9.53 Å². The Balaban J connectivity index is 3.20. The topological polar surface area (TPSA) is 92.1 Å². The lowest BCUT2D eigenvalue weighted by atomic mass is 10.1. The second-order valence-electron chi connectivity index (χ2n) is 4.79. The molecule has 0 spiro atoms. The molecular weight excluding hydrogens is 328 g/mol. The summed E-state index contributed by atoms with van der Waals surface area (Å²) >= 11 is 0.827. The number of carbonyl (C=O) groups is 2. The van der Waals surface area contributed by atoms with Crippen LogP contribution in [0.1, 0.15) is 31.1 Å². The van der Waals surface area contributed by atoms with Gasteiger partial charge in [-0.1, -0.05) is 13.8 Å². The Morgan fingerprint density at radius 3 is 2.52 bits per heavy atom. The van der Waals surface area contributed by atoms with E-state index in [2.05, 4.69) is 10.0 Å². The van der Waals surface area contributed by atoms with Crippen molar-refractivity contribution in [2.24, 2.45) is 11.0 Å². The Bertz CT molecular complexity index is 661. The molecule has 0 heterocycles. The van der Waals surface area contributed by atoms with E-state index < -0.39 is 34.3 Å². The first-order valence-corrected chi connectivity index (χ1v) is 7.61. The predicted molar refractivity (Wildman–Crippen MR) is 81.0 cm³/mol. The largest absolute Gasteiger partial charge is 0.465 e. The zero-order valence-corrected chi connectivity index (χ0v) is 13.6. The number of benzene rings is 1. The molecule has 6 nitrogen and oxygen atoms in total. The molecule has 0 saturated heterocycles. The molecule has 0 bridgehead atoms. The molecule has 1 rings (SSSR count). The molecule has 1 unspecified atom stereocenters. The van der Waals surface area contributed by atoms with Gasteiger partial charge in [0.2, 0.25) is 0 Å². The van der Waals surface area contributed by atoms with Crippen LogP contribution >= 0.6 is 11.8 Å². The average molecular weight is 343 g/mol. The molecule has 0 N–H and O–H groups in total. The Hall–Kier alpha value is -2.12. The number of amides is 1. The van der Waals surface area contributed by atoms with Gasteiger partial charge in [0.25, 0.3) is 5.91 Å². The summed E-state index contributed by atoms with van der Waals surface area (Å²) in [5.41, 5.74) is 7.68. The van der Waals surface area contributed by atoms with Crippen molar-refractivity contribution in [1.29, 1.82) is 0 Å². The molecule has 0 aliphatic heterocycles. The second kappa shape index (κ2) is 8.50. The molecular formula is C14H15F2N3O3S. The van der Waals surface area contributed by atoms with Crippen LogP contribution < -0.4 is 0 Å². The number of esters is 1.